The van der Waals surface area contributed by atoms with Gasteiger partial charge in [0.25, 0.3) is 5.69 Å². The van der Waals surface area contributed by atoms with Gasteiger partial charge >= 0.3 is 0 Å². The zero-order chi connectivity index (χ0) is 15.2. The Morgan fingerprint density at radius 2 is 1.81 bits per heavy atom. The highest BCUT2D eigenvalue weighted by molar-refractivity contribution is 5.63. The first-order valence-electron chi connectivity index (χ1n) is 6.86. The molecular formula is C16H19N3O2. The molecule has 5 heteroatoms. The number of nitrogens with one attached hydrogen (secondary N) is 2. The lowest BCUT2D eigenvalue weighted by molar-refractivity contribution is -0.384. The molecule has 0 saturated heterocycles. The van der Waals surface area contributed by atoms with Crippen LogP contribution in [0.2, 0.25) is 0 Å². The lowest BCUT2D eigenvalue weighted by atomic mass is 10.1. The van der Waals surface area contributed by atoms with Crippen LogP contribution in [0.5, 0.6) is 0 Å². The van der Waals surface area contributed by atoms with Crippen LogP contribution in [0.15, 0.2) is 48.5 Å². The Hall–Kier alpha value is -2.56. The summed E-state index contributed by atoms with van der Waals surface area (Å²) in [5, 5.41) is 17.2. The fourth-order valence-electron chi connectivity index (χ4n) is 2.25. The van der Waals surface area contributed by atoms with Crippen molar-refractivity contribution in [2.75, 3.05) is 17.7 Å². The number of nitro groups is 1. The number of rotatable bonds is 6. The predicted molar refractivity (Wildman–Crippen MR) is 85.9 cm³/mol. The summed E-state index contributed by atoms with van der Waals surface area (Å²) in [7, 11) is 1.75. The van der Waals surface area contributed by atoms with Crippen molar-refractivity contribution in [2.24, 2.45) is 0 Å². The Kier molecular flexibility index (Phi) is 4.77. The first-order chi connectivity index (χ1) is 10.1. The Morgan fingerprint density at radius 1 is 1.14 bits per heavy atom. The van der Waals surface area contributed by atoms with E-state index in [1.54, 1.807) is 13.1 Å². The van der Waals surface area contributed by atoms with Crippen molar-refractivity contribution < 1.29 is 4.92 Å². The number of hydrogen-bond acceptors (Lipinski definition) is 4. The second kappa shape index (κ2) is 6.74. The van der Waals surface area contributed by atoms with Crippen LogP contribution in [0.1, 0.15) is 12.5 Å². The van der Waals surface area contributed by atoms with Gasteiger partial charge in [-0.3, -0.25) is 10.1 Å². The van der Waals surface area contributed by atoms with E-state index in [1.807, 2.05) is 24.3 Å². The summed E-state index contributed by atoms with van der Waals surface area (Å²) in [5.41, 5.74) is 2.78. The Bertz CT molecular complexity index is 614. The summed E-state index contributed by atoms with van der Waals surface area (Å²) >= 11 is 0. The van der Waals surface area contributed by atoms with E-state index in [1.165, 1.54) is 11.6 Å². The first-order valence-corrected chi connectivity index (χ1v) is 6.86. The Balaban J connectivity index is 2.11. The highest BCUT2D eigenvalue weighted by Gasteiger charge is 2.11. The van der Waals surface area contributed by atoms with E-state index in [0.29, 0.717) is 0 Å². The number of non-ortho nitro benzene ring substituents is 1. The molecule has 0 bridgehead atoms. The van der Waals surface area contributed by atoms with Gasteiger partial charge in [0.2, 0.25) is 0 Å². The molecule has 0 aliphatic rings. The van der Waals surface area contributed by atoms with Crippen LogP contribution in [0.3, 0.4) is 0 Å². The number of nitro benzene ring substituents is 1. The third kappa shape index (κ3) is 4.21. The minimum atomic E-state index is -0.381. The molecule has 0 heterocycles. The molecule has 0 fully saturated rings. The van der Waals surface area contributed by atoms with E-state index in [4.69, 9.17) is 0 Å². The maximum Gasteiger partial charge on any atom is 0.273 e. The summed E-state index contributed by atoms with van der Waals surface area (Å²) in [5.74, 6) is 0. The molecule has 0 aromatic heterocycles. The number of hydrogen-bond donors (Lipinski definition) is 2. The van der Waals surface area contributed by atoms with Crippen molar-refractivity contribution in [1.82, 2.24) is 0 Å². The average Bonchev–Trinajstić information content (AvgIpc) is 2.47. The second-order valence-corrected chi connectivity index (χ2v) is 5.01. The minimum absolute atomic E-state index is 0.0799. The molecule has 2 rings (SSSR count). The Morgan fingerprint density at radius 3 is 2.43 bits per heavy atom. The molecule has 0 aliphatic carbocycles. The molecule has 0 spiro atoms. The Labute approximate surface area is 124 Å². The average molecular weight is 285 g/mol. The van der Waals surface area contributed by atoms with Gasteiger partial charge < -0.3 is 10.6 Å². The van der Waals surface area contributed by atoms with E-state index in [0.717, 1.165) is 17.8 Å². The van der Waals surface area contributed by atoms with E-state index in [-0.39, 0.29) is 16.7 Å². The molecule has 110 valence electrons. The zero-order valence-corrected chi connectivity index (χ0v) is 12.2. The first kappa shape index (κ1) is 14.8. The molecule has 21 heavy (non-hydrogen) atoms. The monoisotopic (exact) mass is 285 g/mol. The molecule has 0 saturated carbocycles. The summed E-state index contributed by atoms with van der Waals surface area (Å²) < 4.78 is 0. The van der Waals surface area contributed by atoms with Gasteiger partial charge in [-0.15, -0.1) is 0 Å². The van der Waals surface area contributed by atoms with Gasteiger partial charge in [0.15, 0.2) is 0 Å². The van der Waals surface area contributed by atoms with Gasteiger partial charge in [-0.2, -0.15) is 0 Å². The van der Waals surface area contributed by atoms with Gasteiger partial charge in [-0.05, 0) is 25.0 Å². The second-order valence-electron chi connectivity index (χ2n) is 5.01. The van der Waals surface area contributed by atoms with Crippen LogP contribution in [-0.2, 0) is 6.42 Å². The molecule has 0 amide bonds. The summed E-state index contributed by atoms with van der Waals surface area (Å²) in [6.45, 7) is 2.06. The highest BCUT2D eigenvalue weighted by atomic mass is 16.6. The molecular weight excluding hydrogens is 266 g/mol. The third-order valence-corrected chi connectivity index (χ3v) is 3.22. The van der Waals surface area contributed by atoms with Crippen LogP contribution in [0.4, 0.5) is 17.1 Å². The number of anilines is 2. The van der Waals surface area contributed by atoms with Crippen molar-refractivity contribution in [2.45, 2.75) is 19.4 Å². The van der Waals surface area contributed by atoms with Crippen molar-refractivity contribution in [1.29, 1.82) is 0 Å². The maximum absolute atomic E-state index is 10.9. The van der Waals surface area contributed by atoms with Crippen LogP contribution < -0.4 is 10.6 Å². The molecule has 2 aromatic carbocycles. The standard InChI is InChI=1S/C16H19N3O2/c1-12(8-13-6-4-3-5-7-13)18-15-9-14(17-2)10-16(11-15)19(20)21/h3-7,9-12,17-18H,8H2,1-2H3. The molecule has 0 aliphatic heterocycles. The molecule has 2 N–H and O–H groups in total. The quantitative estimate of drug-likeness (QED) is 0.627. The molecule has 2 aromatic rings. The summed E-state index contributed by atoms with van der Waals surface area (Å²) in [6.07, 6.45) is 0.860. The number of nitrogens with zero attached hydrogens (tertiary/aromatic N) is 1. The summed E-state index contributed by atoms with van der Waals surface area (Å²) in [6, 6.07) is 15.3. The maximum atomic E-state index is 10.9. The van der Waals surface area contributed by atoms with Gasteiger partial charge in [-0.1, -0.05) is 30.3 Å². The lowest BCUT2D eigenvalue weighted by Crippen LogP contribution is -2.18. The van der Waals surface area contributed by atoms with E-state index in [9.17, 15) is 10.1 Å². The highest BCUT2D eigenvalue weighted by Crippen LogP contribution is 2.24. The topological polar surface area (TPSA) is 67.2 Å². The van der Waals surface area contributed by atoms with Gasteiger partial charge in [0.05, 0.1) is 4.92 Å². The SMILES string of the molecule is CNc1cc(NC(C)Cc2ccccc2)cc([N+](=O)[O-])c1. The van der Waals surface area contributed by atoms with Crippen molar-refractivity contribution in [3.8, 4) is 0 Å². The van der Waals surface area contributed by atoms with E-state index in [2.05, 4.69) is 29.7 Å². The summed E-state index contributed by atoms with van der Waals surface area (Å²) in [4.78, 5) is 10.6. The van der Waals surface area contributed by atoms with Crippen LogP contribution in [0, 0.1) is 10.1 Å². The molecule has 1 unspecified atom stereocenters. The van der Waals surface area contributed by atoms with E-state index < -0.39 is 0 Å². The normalized spacial score (nSPS) is 11.7. The van der Waals surface area contributed by atoms with E-state index >= 15 is 0 Å². The van der Waals surface area contributed by atoms with Crippen LogP contribution in [0.25, 0.3) is 0 Å². The van der Waals surface area contributed by atoms with Crippen molar-refractivity contribution in [3.63, 3.8) is 0 Å². The number of benzene rings is 2. The molecule has 0 radical (unpaired) electrons. The fraction of sp³-hybridized carbons (Fsp3) is 0.250. The lowest BCUT2D eigenvalue weighted by Gasteiger charge is -2.16. The largest absolute Gasteiger partial charge is 0.388 e. The molecule has 5 nitrogen and oxygen atoms in total. The van der Waals surface area contributed by atoms with Gasteiger partial charge in [-0.25, -0.2) is 0 Å². The smallest absolute Gasteiger partial charge is 0.273 e. The van der Waals surface area contributed by atoms with Crippen molar-refractivity contribution in [3.05, 3.63) is 64.2 Å². The van der Waals surface area contributed by atoms with Crippen LogP contribution in [-0.4, -0.2) is 18.0 Å². The van der Waals surface area contributed by atoms with Gasteiger partial charge in [0, 0.05) is 36.6 Å². The third-order valence-electron chi connectivity index (χ3n) is 3.22. The van der Waals surface area contributed by atoms with Gasteiger partial charge in [0.1, 0.15) is 0 Å². The minimum Gasteiger partial charge on any atom is -0.388 e. The van der Waals surface area contributed by atoms with Crippen LogP contribution >= 0.6 is 0 Å². The fourth-order valence-corrected chi connectivity index (χ4v) is 2.25. The van der Waals surface area contributed by atoms with Crippen molar-refractivity contribution >= 4 is 17.1 Å². The molecule has 1 atom stereocenters. The predicted octanol–water partition coefficient (Wildman–Crippen LogP) is 3.68. The zero-order valence-electron chi connectivity index (χ0n) is 12.2.